The van der Waals surface area contributed by atoms with E-state index in [1.165, 1.54) is 33.4 Å². The second kappa shape index (κ2) is 11.4. The molecule has 3 rings (SSSR count). The molecule has 0 spiro atoms. The molecule has 3 heteroatoms. The lowest BCUT2D eigenvalue weighted by Gasteiger charge is -2.15. The summed E-state index contributed by atoms with van der Waals surface area (Å²) >= 11 is 0. The summed E-state index contributed by atoms with van der Waals surface area (Å²) in [6.45, 7) is 7.93. The Hall–Kier alpha value is -3.17. The molecule has 3 nitrogen and oxygen atoms in total. The second-order valence-electron chi connectivity index (χ2n) is 8.07. The molecule has 0 aromatic heterocycles. The highest BCUT2D eigenvalue weighted by Crippen LogP contribution is 2.31. The van der Waals surface area contributed by atoms with Crippen LogP contribution in [0.4, 0.5) is 0 Å². The molecule has 1 N–H and O–H groups in total. The highest BCUT2D eigenvalue weighted by atomic mass is 16.5. The van der Waals surface area contributed by atoms with E-state index in [0.717, 1.165) is 24.8 Å². The first-order valence-corrected chi connectivity index (χ1v) is 11.3. The molecule has 0 aliphatic heterocycles. The zero-order chi connectivity index (χ0) is 22.9. The first-order valence-electron chi connectivity index (χ1n) is 11.3. The van der Waals surface area contributed by atoms with Gasteiger partial charge in [-0.05, 0) is 71.6 Å². The van der Waals surface area contributed by atoms with Crippen LogP contribution in [-0.2, 0) is 28.8 Å². The summed E-state index contributed by atoms with van der Waals surface area (Å²) in [6, 6.07) is 23.6. The van der Waals surface area contributed by atoms with E-state index < -0.39 is 0 Å². The van der Waals surface area contributed by atoms with Gasteiger partial charge in [0.2, 0.25) is 0 Å². The molecule has 0 saturated heterocycles. The maximum Gasteiger partial charge on any atom is 0.333 e. The number of hydrogen-bond acceptors (Lipinski definition) is 3. The summed E-state index contributed by atoms with van der Waals surface area (Å²) in [7, 11) is 0. The van der Waals surface area contributed by atoms with Gasteiger partial charge < -0.3 is 9.84 Å². The normalized spacial score (nSPS) is 10.7. The first-order chi connectivity index (χ1) is 15.5. The molecule has 0 heterocycles. The molecule has 0 radical (unpaired) electrons. The summed E-state index contributed by atoms with van der Waals surface area (Å²) < 4.78 is 5.24. The molecule has 0 atom stereocenters. The topological polar surface area (TPSA) is 46.5 Å². The third kappa shape index (κ3) is 5.95. The van der Waals surface area contributed by atoms with Crippen LogP contribution in [0.25, 0.3) is 22.3 Å². The second-order valence-corrected chi connectivity index (χ2v) is 8.07. The number of carbonyl (C=O) groups is 1. The van der Waals surface area contributed by atoms with Crippen molar-refractivity contribution in [1.82, 2.24) is 0 Å². The van der Waals surface area contributed by atoms with Gasteiger partial charge in [0.1, 0.15) is 0 Å². The van der Waals surface area contributed by atoms with Gasteiger partial charge in [0.15, 0.2) is 0 Å². The molecule has 0 aliphatic rings. The lowest BCUT2D eigenvalue weighted by molar-refractivity contribution is -0.139. The number of aryl methyl sites for hydroxylation is 2. The Balaban J connectivity index is 1.85. The maximum atomic E-state index is 11.6. The van der Waals surface area contributed by atoms with Crippen molar-refractivity contribution < 1.29 is 14.6 Å². The third-order valence-corrected chi connectivity index (χ3v) is 5.66. The fourth-order valence-corrected chi connectivity index (χ4v) is 3.92. The minimum absolute atomic E-state index is 0.114. The van der Waals surface area contributed by atoms with E-state index in [2.05, 4.69) is 74.2 Å². The van der Waals surface area contributed by atoms with Crippen molar-refractivity contribution in [3.8, 4) is 22.3 Å². The van der Waals surface area contributed by atoms with Crippen LogP contribution in [0.5, 0.6) is 0 Å². The molecule has 166 valence electrons. The summed E-state index contributed by atoms with van der Waals surface area (Å²) in [5.41, 5.74) is 8.91. The van der Waals surface area contributed by atoms with E-state index in [4.69, 9.17) is 4.74 Å². The molecule has 32 heavy (non-hydrogen) atoms. The van der Waals surface area contributed by atoms with Crippen molar-refractivity contribution in [3.05, 3.63) is 95.6 Å². The predicted octanol–water partition coefficient (Wildman–Crippen LogP) is 6.17. The van der Waals surface area contributed by atoms with Crippen LogP contribution < -0.4 is 0 Å². The number of ether oxygens (including phenoxy) is 1. The Morgan fingerprint density at radius 3 is 2.28 bits per heavy atom. The highest BCUT2D eigenvalue weighted by Gasteiger charge is 2.11. The standard InChI is InChI=1S/C29H32O3/c1-4-22-19-26(23-9-6-5-7-10-23)14-15-28(22)27-13-12-24(16-17-30)25(20-27)11-8-18-32-29(31)21(2)3/h5-7,9-10,12-15,19-20,30H,2,4,8,11,16-18H2,1,3H3. The van der Waals surface area contributed by atoms with Crippen LogP contribution in [0.3, 0.4) is 0 Å². The van der Waals surface area contributed by atoms with Gasteiger partial charge in [-0.25, -0.2) is 4.79 Å². The molecule has 0 fully saturated rings. The lowest BCUT2D eigenvalue weighted by atomic mass is 9.90. The zero-order valence-electron chi connectivity index (χ0n) is 19.1. The Morgan fingerprint density at radius 2 is 1.59 bits per heavy atom. The van der Waals surface area contributed by atoms with Gasteiger partial charge in [0.25, 0.3) is 0 Å². The molecule has 3 aromatic rings. The number of carbonyl (C=O) groups excluding carboxylic acids is 1. The minimum Gasteiger partial charge on any atom is -0.462 e. The van der Waals surface area contributed by atoms with Crippen LogP contribution in [-0.4, -0.2) is 24.3 Å². The average Bonchev–Trinajstić information content (AvgIpc) is 2.82. The van der Waals surface area contributed by atoms with Crippen molar-refractivity contribution >= 4 is 5.97 Å². The van der Waals surface area contributed by atoms with Crippen LogP contribution in [0.1, 0.15) is 37.0 Å². The van der Waals surface area contributed by atoms with Crippen LogP contribution in [0.2, 0.25) is 0 Å². The van der Waals surface area contributed by atoms with E-state index in [9.17, 15) is 9.90 Å². The molecular weight excluding hydrogens is 396 g/mol. The number of aliphatic hydroxyl groups excluding tert-OH is 1. The summed E-state index contributed by atoms with van der Waals surface area (Å²) in [5, 5.41) is 9.48. The van der Waals surface area contributed by atoms with Gasteiger partial charge in [-0.2, -0.15) is 0 Å². The number of rotatable bonds is 10. The fraction of sp³-hybridized carbons (Fsp3) is 0.276. The number of esters is 1. The Morgan fingerprint density at radius 1 is 0.875 bits per heavy atom. The van der Waals surface area contributed by atoms with E-state index in [-0.39, 0.29) is 12.6 Å². The van der Waals surface area contributed by atoms with Crippen molar-refractivity contribution in [2.45, 2.75) is 39.5 Å². The monoisotopic (exact) mass is 428 g/mol. The highest BCUT2D eigenvalue weighted by molar-refractivity contribution is 5.86. The quantitative estimate of drug-likeness (QED) is 0.239. The zero-order valence-corrected chi connectivity index (χ0v) is 19.1. The molecule has 0 amide bonds. The summed E-state index contributed by atoms with van der Waals surface area (Å²) in [5.74, 6) is -0.347. The summed E-state index contributed by atoms with van der Waals surface area (Å²) in [4.78, 5) is 11.6. The summed E-state index contributed by atoms with van der Waals surface area (Å²) in [6.07, 6.45) is 3.08. The fourth-order valence-electron chi connectivity index (χ4n) is 3.92. The van der Waals surface area contributed by atoms with E-state index in [1.54, 1.807) is 6.92 Å². The first kappa shape index (κ1) is 23.5. The largest absolute Gasteiger partial charge is 0.462 e. The van der Waals surface area contributed by atoms with Crippen molar-refractivity contribution in [1.29, 1.82) is 0 Å². The van der Waals surface area contributed by atoms with Gasteiger partial charge >= 0.3 is 5.97 Å². The Kier molecular flexibility index (Phi) is 8.41. The Bertz CT molecular complexity index is 1070. The van der Waals surface area contributed by atoms with Gasteiger partial charge in [-0.1, -0.05) is 80.2 Å². The van der Waals surface area contributed by atoms with Gasteiger partial charge in [0.05, 0.1) is 6.61 Å². The molecule has 0 unspecified atom stereocenters. The van der Waals surface area contributed by atoms with Crippen molar-refractivity contribution in [2.75, 3.05) is 13.2 Å². The molecular formula is C29H32O3. The van der Waals surface area contributed by atoms with Crippen molar-refractivity contribution in [2.24, 2.45) is 0 Å². The molecule has 3 aromatic carbocycles. The Labute approximate surface area is 191 Å². The van der Waals surface area contributed by atoms with E-state index >= 15 is 0 Å². The SMILES string of the molecule is C=C(C)C(=O)OCCCc1cc(-c2ccc(-c3ccccc3)cc2CC)ccc1CCO. The maximum absolute atomic E-state index is 11.6. The predicted molar refractivity (Wildman–Crippen MR) is 132 cm³/mol. The average molecular weight is 429 g/mol. The van der Waals surface area contributed by atoms with E-state index in [0.29, 0.717) is 18.6 Å². The molecule has 0 aliphatic carbocycles. The lowest BCUT2D eigenvalue weighted by Crippen LogP contribution is -2.07. The van der Waals surface area contributed by atoms with E-state index in [1.807, 2.05) is 6.07 Å². The smallest absolute Gasteiger partial charge is 0.333 e. The number of aliphatic hydroxyl groups is 1. The number of benzene rings is 3. The van der Waals surface area contributed by atoms with Gasteiger partial charge in [-0.3, -0.25) is 0 Å². The van der Waals surface area contributed by atoms with Gasteiger partial charge in [-0.15, -0.1) is 0 Å². The third-order valence-electron chi connectivity index (χ3n) is 5.66. The van der Waals surface area contributed by atoms with Crippen LogP contribution >= 0.6 is 0 Å². The van der Waals surface area contributed by atoms with Crippen molar-refractivity contribution in [3.63, 3.8) is 0 Å². The van der Waals surface area contributed by atoms with Crippen LogP contribution in [0, 0.1) is 0 Å². The minimum atomic E-state index is -0.347. The van der Waals surface area contributed by atoms with Crippen LogP contribution in [0.15, 0.2) is 78.9 Å². The molecule has 0 bridgehead atoms. The van der Waals surface area contributed by atoms with Gasteiger partial charge in [0, 0.05) is 12.2 Å². The molecule has 0 saturated carbocycles. The number of hydrogen-bond donors (Lipinski definition) is 1.